The Morgan fingerprint density at radius 1 is 1.10 bits per heavy atom. The van der Waals surface area contributed by atoms with Crippen molar-refractivity contribution in [2.75, 3.05) is 0 Å². The van der Waals surface area contributed by atoms with E-state index in [-0.39, 0.29) is 12.0 Å². The van der Waals surface area contributed by atoms with Crippen LogP contribution in [0, 0.1) is 5.92 Å². The van der Waals surface area contributed by atoms with Crippen LogP contribution < -0.4 is 0 Å². The van der Waals surface area contributed by atoms with E-state index in [0.29, 0.717) is 24.0 Å². The van der Waals surface area contributed by atoms with E-state index in [9.17, 15) is 20.1 Å². The zero-order chi connectivity index (χ0) is 15.0. The summed E-state index contributed by atoms with van der Waals surface area (Å²) in [5.41, 5.74) is 1.09. The Morgan fingerprint density at radius 3 is 2.40 bits per heavy atom. The summed E-state index contributed by atoms with van der Waals surface area (Å²) in [6.07, 6.45) is -2.80. The second-order valence-electron chi connectivity index (χ2n) is 5.51. The summed E-state index contributed by atoms with van der Waals surface area (Å²) in [5, 5.41) is 30.4. The van der Waals surface area contributed by atoms with E-state index in [1.807, 2.05) is 0 Å². The molecule has 0 bridgehead atoms. The number of carbonyl (C=O) groups excluding carboxylic acids is 1. The third-order valence-electron chi connectivity index (χ3n) is 4.11. The van der Waals surface area contributed by atoms with Gasteiger partial charge in [-0.15, -0.1) is 0 Å². The fourth-order valence-corrected chi connectivity index (χ4v) is 2.75. The Labute approximate surface area is 117 Å². The highest BCUT2D eigenvalue weighted by Gasteiger charge is 2.46. The van der Waals surface area contributed by atoms with Gasteiger partial charge in [-0.1, -0.05) is 19.7 Å². The molecule has 0 aromatic carbocycles. The molecule has 0 amide bonds. The number of aliphatic hydroxyl groups is 3. The molecule has 5 heteroatoms. The first-order chi connectivity index (χ1) is 9.32. The molecule has 0 aromatic rings. The zero-order valence-corrected chi connectivity index (χ0v) is 11.3. The summed E-state index contributed by atoms with van der Waals surface area (Å²) < 4.78 is 5.17. The average molecular weight is 280 g/mol. The Kier molecular flexibility index (Phi) is 4.13. The van der Waals surface area contributed by atoms with Crippen LogP contribution in [0.2, 0.25) is 0 Å². The van der Waals surface area contributed by atoms with Gasteiger partial charge in [0.2, 0.25) is 0 Å². The largest absolute Gasteiger partial charge is 0.458 e. The average Bonchev–Trinajstić information content (AvgIpc) is 2.68. The molecule has 2 unspecified atom stereocenters. The van der Waals surface area contributed by atoms with Crippen LogP contribution in [0.25, 0.3) is 0 Å². The van der Waals surface area contributed by atoms with Gasteiger partial charge in [-0.3, -0.25) is 0 Å². The standard InChI is InChI=1S/C15H20O5/c1-7-4-5-10(16)8(2)6-11-12(14(18)13(7)17)9(3)15(19)20-11/h10-14,16-18H,1-6H2/t10-,11?,12?,13-,14-/m0/s1. The Balaban J connectivity index is 2.33. The molecule has 5 nitrogen and oxygen atoms in total. The van der Waals surface area contributed by atoms with Crippen molar-refractivity contribution in [3.63, 3.8) is 0 Å². The lowest BCUT2D eigenvalue weighted by molar-refractivity contribution is -0.139. The van der Waals surface area contributed by atoms with E-state index < -0.39 is 36.3 Å². The van der Waals surface area contributed by atoms with Crippen LogP contribution >= 0.6 is 0 Å². The third kappa shape index (κ3) is 2.57. The molecule has 5 atom stereocenters. The van der Waals surface area contributed by atoms with Gasteiger partial charge in [0.25, 0.3) is 0 Å². The lowest BCUT2D eigenvalue weighted by Crippen LogP contribution is -2.40. The van der Waals surface area contributed by atoms with E-state index in [4.69, 9.17) is 4.74 Å². The molecule has 2 fully saturated rings. The van der Waals surface area contributed by atoms with E-state index in [0.717, 1.165) is 0 Å². The molecule has 1 aliphatic carbocycles. The Morgan fingerprint density at radius 2 is 1.75 bits per heavy atom. The van der Waals surface area contributed by atoms with Crippen molar-refractivity contribution in [1.29, 1.82) is 0 Å². The van der Waals surface area contributed by atoms with Crippen molar-refractivity contribution >= 4 is 5.97 Å². The molecular weight excluding hydrogens is 260 g/mol. The van der Waals surface area contributed by atoms with Gasteiger partial charge >= 0.3 is 5.97 Å². The zero-order valence-electron chi connectivity index (χ0n) is 11.3. The first kappa shape index (κ1) is 15.0. The second kappa shape index (κ2) is 5.52. The van der Waals surface area contributed by atoms with Gasteiger partial charge in [0.05, 0.1) is 18.1 Å². The molecule has 1 saturated carbocycles. The summed E-state index contributed by atoms with van der Waals surface area (Å²) in [7, 11) is 0. The van der Waals surface area contributed by atoms with Crippen molar-refractivity contribution in [2.45, 2.75) is 43.7 Å². The normalized spacial score (nSPS) is 39.5. The summed E-state index contributed by atoms with van der Waals surface area (Å²) >= 11 is 0. The summed E-state index contributed by atoms with van der Waals surface area (Å²) in [6.45, 7) is 11.2. The van der Waals surface area contributed by atoms with Gasteiger partial charge in [-0.25, -0.2) is 4.79 Å². The molecule has 0 aromatic heterocycles. The predicted octanol–water partition coefficient (Wildman–Crippen LogP) is 0.463. The first-order valence-electron chi connectivity index (χ1n) is 6.62. The van der Waals surface area contributed by atoms with Crippen molar-refractivity contribution in [1.82, 2.24) is 0 Å². The maximum absolute atomic E-state index is 11.6. The van der Waals surface area contributed by atoms with Crippen LogP contribution in [0.5, 0.6) is 0 Å². The lowest BCUT2D eigenvalue weighted by atomic mass is 9.81. The van der Waals surface area contributed by atoms with Crippen molar-refractivity contribution in [3.05, 3.63) is 36.5 Å². The molecule has 1 heterocycles. The molecule has 2 rings (SSSR count). The van der Waals surface area contributed by atoms with Gasteiger partial charge in [-0.05, 0) is 24.0 Å². The number of rotatable bonds is 0. The minimum Gasteiger partial charge on any atom is -0.458 e. The molecule has 1 saturated heterocycles. The van der Waals surface area contributed by atoms with Crippen LogP contribution in [0.4, 0.5) is 0 Å². The molecule has 0 radical (unpaired) electrons. The van der Waals surface area contributed by atoms with E-state index in [1.165, 1.54) is 0 Å². The highest BCUT2D eigenvalue weighted by Crippen LogP contribution is 2.37. The lowest BCUT2D eigenvalue weighted by Gasteiger charge is -2.30. The molecule has 0 spiro atoms. The van der Waals surface area contributed by atoms with Crippen LogP contribution in [0.3, 0.4) is 0 Å². The minimum atomic E-state index is -1.20. The third-order valence-corrected chi connectivity index (χ3v) is 4.11. The van der Waals surface area contributed by atoms with Gasteiger partial charge in [0.1, 0.15) is 12.2 Å². The number of carbonyl (C=O) groups is 1. The molecule has 1 aliphatic heterocycles. The fraction of sp³-hybridized carbons (Fsp3) is 0.533. The van der Waals surface area contributed by atoms with Gasteiger partial charge in [0, 0.05) is 12.0 Å². The van der Waals surface area contributed by atoms with Crippen molar-refractivity contribution in [2.24, 2.45) is 5.92 Å². The maximum atomic E-state index is 11.6. The summed E-state index contributed by atoms with van der Waals surface area (Å²) in [6, 6.07) is 0. The minimum absolute atomic E-state index is 0.136. The SMILES string of the molecule is C=C1C(=O)OC2CC(=C)[C@@H](O)CCC(=C)[C@H](O)[C@@H](O)C12. The highest BCUT2D eigenvalue weighted by molar-refractivity contribution is 5.91. The van der Waals surface area contributed by atoms with Crippen molar-refractivity contribution in [3.8, 4) is 0 Å². The first-order valence-corrected chi connectivity index (χ1v) is 6.62. The van der Waals surface area contributed by atoms with E-state index in [2.05, 4.69) is 19.7 Å². The number of fused-ring (bicyclic) bond motifs is 1. The number of esters is 1. The molecule has 20 heavy (non-hydrogen) atoms. The van der Waals surface area contributed by atoms with Crippen LogP contribution in [0.1, 0.15) is 19.3 Å². The van der Waals surface area contributed by atoms with Crippen molar-refractivity contribution < 1.29 is 24.9 Å². The highest BCUT2D eigenvalue weighted by atomic mass is 16.6. The fourth-order valence-electron chi connectivity index (χ4n) is 2.75. The summed E-state index contributed by atoms with van der Waals surface area (Å²) in [5.74, 6) is -1.30. The number of hydrogen-bond acceptors (Lipinski definition) is 5. The summed E-state index contributed by atoms with van der Waals surface area (Å²) in [4.78, 5) is 11.6. The van der Waals surface area contributed by atoms with Crippen LogP contribution in [-0.2, 0) is 9.53 Å². The number of hydrogen-bond donors (Lipinski definition) is 3. The maximum Gasteiger partial charge on any atom is 0.334 e. The Bertz CT molecular complexity index is 467. The van der Waals surface area contributed by atoms with E-state index >= 15 is 0 Å². The topological polar surface area (TPSA) is 87.0 Å². The smallest absolute Gasteiger partial charge is 0.334 e. The number of aliphatic hydroxyl groups excluding tert-OH is 3. The number of ether oxygens (including phenoxy) is 1. The Hall–Kier alpha value is -1.43. The molecule has 110 valence electrons. The van der Waals surface area contributed by atoms with Crippen LogP contribution in [0.15, 0.2) is 36.5 Å². The second-order valence-corrected chi connectivity index (χ2v) is 5.51. The van der Waals surface area contributed by atoms with Gasteiger partial charge < -0.3 is 20.1 Å². The van der Waals surface area contributed by atoms with E-state index in [1.54, 1.807) is 0 Å². The molecule has 2 aliphatic rings. The van der Waals surface area contributed by atoms with Gasteiger partial charge in [0.15, 0.2) is 0 Å². The monoisotopic (exact) mass is 280 g/mol. The van der Waals surface area contributed by atoms with Gasteiger partial charge in [-0.2, -0.15) is 0 Å². The predicted molar refractivity (Wildman–Crippen MR) is 72.7 cm³/mol. The quantitative estimate of drug-likeness (QED) is 0.341. The van der Waals surface area contributed by atoms with Crippen LogP contribution in [-0.4, -0.2) is 45.7 Å². The molecule has 3 N–H and O–H groups in total. The molecular formula is C15H20O5.